The molecule has 0 aromatic rings. The third kappa shape index (κ3) is 1.81. The maximum Gasteiger partial charge on any atom is 0.0502 e. The van der Waals surface area contributed by atoms with Gasteiger partial charge in [-0.2, -0.15) is 0 Å². The van der Waals surface area contributed by atoms with E-state index in [1.54, 1.807) is 0 Å². The topological polar surface area (TPSA) is 41.5 Å². The van der Waals surface area contributed by atoms with Gasteiger partial charge in [0, 0.05) is 24.7 Å². The van der Waals surface area contributed by atoms with Crippen LogP contribution >= 0.6 is 0 Å². The lowest BCUT2D eigenvalue weighted by Crippen LogP contribution is -2.45. The molecule has 2 N–H and O–H groups in total. The van der Waals surface area contributed by atoms with Gasteiger partial charge in [-0.15, -0.1) is 0 Å². The molecular formula is C11H21NO2. The van der Waals surface area contributed by atoms with Gasteiger partial charge >= 0.3 is 0 Å². The molecule has 0 bridgehead atoms. The van der Waals surface area contributed by atoms with Crippen LogP contribution in [0, 0.1) is 11.3 Å². The molecule has 1 saturated heterocycles. The van der Waals surface area contributed by atoms with Gasteiger partial charge < -0.3 is 15.2 Å². The van der Waals surface area contributed by atoms with Crippen LogP contribution in [0.3, 0.4) is 0 Å². The number of aliphatic hydroxyl groups is 1. The second kappa shape index (κ2) is 4.17. The fraction of sp³-hybridized carbons (Fsp3) is 1.00. The van der Waals surface area contributed by atoms with E-state index in [2.05, 4.69) is 5.32 Å². The number of hydrogen-bond donors (Lipinski definition) is 2. The molecule has 1 unspecified atom stereocenters. The summed E-state index contributed by atoms with van der Waals surface area (Å²) < 4.78 is 5.37. The average Bonchev–Trinajstić information content (AvgIpc) is 3.02. The van der Waals surface area contributed by atoms with Crippen molar-refractivity contribution in [2.45, 2.75) is 31.7 Å². The Kier molecular flexibility index (Phi) is 3.10. The molecule has 0 aromatic heterocycles. The lowest BCUT2D eigenvalue weighted by atomic mass is 9.81. The van der Waals surface area contributed by atoms with Crippen LogP contribution in [0.25, 0.3) is 0 Å². The van der Waals surface area contributed by atoms with E-state index in [0.717, 1.165) is 26.1 Å². The Hall–Kier alpha value is -0.120. The second-order valence-corrected chi connectivity index (χ2v) is 4.74. The molecule has 82 valence electrons. The van der Waals surface area contributed by atoms with Gasteiger partial charge in [0.25, 0.3) is 0 Å². The van der Waals surface area contributed by atoms with Crippen molar-refractivity contribution in [3.05, 3.63) is 0 Å². The van der Waals surface area contributed by atoms with Crippen LogP contribution in [-0.2, 0) is 4.74 Å². The minimum absolute atomic E-state index is 0.205. The Morgan fingerprint density at radius 3 is 2.50 bits per heavy atom. The van der Waals surface area contributed by atoms with E-state index in [1.165, 1.54) is 12.8 Å². The van der Waals surface area contributed by atoms with Crippen LogP contribution in [0.15, 0.2) is 0 Å². The van der Waals surface area contributed by atoms with Crippen molar-refractivity contribution in [2.75, 3.05) is 26.9 Å². The van der Waals surface area contributed by atoms with Crippen molar-refractivity contribution < 1.29 is 9.84 Å². The van der Waals surface area contributed by atoms with Gasteiger partial charge in [-0.05, 0) is 38.6 Å². The van der Waals surface area contributed by atoms with Crippen LogP contribution in [0.1, 0.15) is 25.7 Å². The second-order valence-electron chi connectivity index (χ2n) is 4.74. The van der Waals surface area contributed by atoms with E-state index in [-0.39, 0.29) is 5.41 Å². The lowest BCUT2D eigenvalue weighted by Gasteiger charge is -2.35. The molecule has 1 saturated carbocycles. The molecule has 1 heterocycles. The van der Waals surface area contributed by atoms with E-state index < -0.39 is 0 Å². The van der Waals surface area contributed by atoms with Crippen LogP contribution in [-0.4, -0.2) is 38.0 Å². The van der Waals surface area contributed by atoms with E-state index >= 15 is 0 Å². The average molecular weight is 199 g/mol. The molecule has 14 heavy (non-hydrogen) atoms. The Morgan fingerprint density at radius 2 is 2.07 bits per heavy atom. The van der Waals surface area contributed by atoms with E-state index in [9.17, 15) is 5.11 Å². The predicted molar refractivity (Wildman–Crippen MR) is 55.1 cm³/mol. The molecule has 1 aliphatic heterocycles. The highest BCUT2D eigenvalue weighted by molar-refractivity contribution is 5.04. The number of aliphatic hydroxyl groups excluding tert-OH is 1. The number of hydrogen-bond acceptors (Lipinski definition) is 3. The summed E-state index contributed by atoms with van der Waals surface area (Å²) in [6.07, 6.45) is 4.67. The highest BCUT2D eigenvalue weighted by Crippen LogP contribution is 2.51. The summed E-state index contributed by atoms with van der Waals surface area (Å²) in [5, 5.41) is 12.8. The molecular weight excluding hydrogens is 178 g/mol. The summed E-state index contributed by atoms with van der Waals surface area (Å²) in [6, 6.07) is 0.497. The van der Waals surface area contributed by atoms with Gasteiger partial charge in [0.15, 0.2) is 0 Å². The van der Waals surface area contributed by atoms with E-state index in [0.29, 0.717) is 18.6 Å². The minimum atomic E-state index is 0.205. The largest absolute Gasteiger partial charge is 0.396 e. The Labute approximate surface area is 85.8 Å². The van der Waals surface area contributed by atoms with Crippen molar-refractivity contribution in [1.29, 1.82) is 0 Å². The third-order valence-corrected chi connectivity index (χ3v) is 3.92. The maximum absolute atomic E-state index is 9.42. The van der Waals surface area contributed by atoms with Crippen LogP contribution in [0.2, 0.25) is 0 Å². The normalized spacial score (nSPS) is 28.7. The Morgan fingerprint density at radius 1 is 1.43 bits per heavy atom. The summed E-state index contributed by atoms with van der Waals surface area (Å²) in [7, 11) is 2.02. The van der Waals surface area contributed by atoms with Gasteiger partial charge in [0.05, 0.1) is 6.61 Å². The smallest absolute Gasteiger partial charge is 0.0502 e. The number of ether oxygens (including phenoxy) is 1. The predicted octanol–water partition coefficient (Wildman–Crippen LogP) is 0.773. The van der Waals surface area contributed by atoms with Crippen molar-refractivity contribution in [2.24, 2.45) is 11.3 Å². The third-order valence-electron chi connectivity index (χ3n) is 3.92. The van der Waals surface area contributed by atoms with Crippen molar-refractivity contribution in [3.8, 4) is 0 Å². The van der Waals surface area contributed by atoms with Gasteiger partial charge in [-0.1, -0.05) is 0 Å². The number of nitrogens with one attached hydrogen (secondary N) is 1. The summed E-state index contributed by atoms with van der Waals surface area (Å²) in [6.45, 7) is 2.13. The first-order valence-corrected chi connectivity index (χ1v) is 5.68. The molecule has 3 heteroatoms. The van der Waals surface area contributed by atoms with Gasteiger partial charge in [0.1, 0.15) is 0 Å². The zero-order valence-electron chi connectivity index (χ0n) is 8.96. The highest BCUT2D eigenvalue weighted by atomic mass is 16.5. The van der Waals surface area contributed by atoms with E-state index in [1.807, 2.05) is 7.05 Å². The van der Waals surface area contributed by atoms with Crippen molar-refractivity contribution in [1.82, 2.24) is 5.32 Å². The van der Waals surface area contributed by atoms with Crippen molar-refractivity contribution in [3.63, 3.8) is 0 Å². The summed E-state index contributed by atoms with van der Waals surface area (Å²) >= 11 is 0. The minimum Gasteiger partial charge on any atom is -0.396 e. The monoisotopic (exact) mass is 199 g/mol. The molecule has 2 aliphatic rings. The molecule has 0 spiro atoms. The molecule has 1 aliphatic carbocycles. The molecule has 0 aromatic carbocycles. The fourth-order valence-electron chi connectivity index (χ4n) is 2.82. The van der Waals surface area contributed by atoms with Gasteiger partial charge in [-0.25, -0.2) is 0 Å². The summed E-state index contributed by atoms with van der Waals surface area (Å²) in [4.78, 5) is 0. The molecule has 0 amide bonds. The molecule has 2 rings (SSSR count). The first-order chi connectivity index (χ1) is 6.82. The Balaban J connectivity index is 1.97. The summed E-state index contributed by atoms with van der Waals surface area (Å²) in [5.41, 5.74) is 0.205. The molecule has 1 atom stereocenters. The maximum atomic E-state index is 9.42. The zero-order valence-corrected chi connectivity index (χ0v) is 8.96. The molecule has 3 nitrogen and oxygen atoms in total. The number of rotatable bonds is 4. The van der Waals surface area contributed by atoms with Crippen LogP contribution in [0.5, 0.6) is 0 Å². The quantitative estimate of drug-likeness (QED) is 0.703. The van der Waals surface area contributed by atoms with Gasteiger partial charge in [-0.3, -0.25) is 0 Å². The molecule has 2 fully saturated rings. The standard InChI is InChI=1S/C11H21NO2/c1-12-10(11(8-13)4-5-11)9-2-6-14-7-3-9/h9-10,12-13H,2-8H2,1H3. The Bertz CT molecular complexity index is 186. The van der Waals surface area contributed by atoms with Gasteiger partial charge in [0.2, 0.25) is 0 Å². The zero-order chi connectivity index (χ0) is 10.0. The molecule has 0 radical (unpaired) electrons. The summed E-state index contributed by atoms with van der Waals surface area (Å²) in [5.74, 6) is 0.698. The SMILES string of the molecule is CNC(C1CCOCC1)C1(CO)CC1. The highest BCUT2D eigenvalue weighted by Gasteiger charge is 2.50. The lowest BCUT2D eigenvalue weighted by molar-refractivity contribution is 0.0341. The first kappa shape index (κ1) is 10.4. The van der Waals surface area contributed by atoms with Crippen LogP contribution in [0.4, 0.5) is 0 Å². The van der Waals surface area contributed by atoms with Crippen molar-refractivity contribution >= 4 is 0 Å². The first-order valence-electron chi connectivity index (χ1n) is 5.68. The fourth-order valence-corrected chi connectivity index (χ4v) is 2.82. The van der Waals surface area contributed by atoms with Crippen LogP contribution < -0.4 is 5.32 Å². The van der Waals surface area contributed by atoms with E-state index in [4.69, 9.17) is 4.74 Å².